The molecule has 0 aliphatic carbocycles. The molecule has 63 valence electrons. The summed E-state index contributed by atoms with van der Waals surface area (Å²) in [6.45, 7) is 0. The van der Waals surface area contributed by atoms with Crippen LogP contribution in [-0.2, 0) is 0 Å². The van der Waals surface area contributed by atoms with Gasteiger partial charge in [0.05, 0.1) is 11.4 Å². The molecule has 2 nitrogen and oxygen atoms in total. The summed E-state index contributed by atoms with van der Waals surface area (Å²) in [6, 6.07) is 7.80. The second-order valence-corrected chi connectivity index (χ2v) is 2.84. The molecule has 1 aromatic carbocycles. The Hall–Kier alpha value is -1.64. The molecule has 1 radical (unpaired) electrons. The molecule has 0 spiro atoms. The van der Waals surface area contributed by atoms with Crippen LogP contribution in [-0.4, -0.2) is 7.41 Å². The highest BCUT2D eigenvalue weighted by molar-refractivity contribution is 6.48. The van der Waals surface area contributed by atoms with Crippen LogP contribution in [0, 0.1) is 0 Å². The van der Waals surface area contributed by atoms with Gasteiger partial charge in [0.15, 0.2) is 0 Å². The molecule has 1 aromatic rings. The summed E-state index contributed by atoms with van der Waals surface area (Å²) in [4.78, 5) is 2.00. The summed E-state index contributed by atoms with van der Waals surface area (Å²) in [5, 5.41) is 0. The van der Waals surface area contributed by atoms with E-state index in [-0.39, 0.29) is 0 Å². The van der Waals surface area contributed by atoms with Gasteiger partial charge in [-0.05, 0) is 24.4 Å². The molecule has 0 atom stereocenters. The van der Waals surface area contributed by atoms with Crippen molar-refractivity contribution in [2.75, 3.05) is 10.5 Å². The summed E-state index contributed by atoms with van der Waals surface area (Å²) in [5.41, 5.74) is 7.64. The van der Waals surface area contributed by atoms with Gasteiger partial charge in [0, 0.05) is 0 Å². The van der Waals surface area contributed by atoms with Crippen molar-refractivity contribution >= 4 is 18.8 Å². The fraction of sp³-hybridized carbons (Fsp3) is 0. The van der Waals surface area contributed by atoms with Crippen molar-refractivity contribution in [3.63, 3.8) is 0 Å². The van der Waals surface area contributed by atoms with Gasteiger partial charge in [-0.15, -0.1) is 0 Å². The van der Waals surface area contributed by atoms with Crippen molar-refractivity contribution < 1.29 is 0 Å². The number of nitrogen functional groups attached to an aromatic ring is 1. The van der Waals surface area contributed by atoms with Crippen LogP contribution >= 0.6 is 0 Å². The Labute approximate surface area is 78.6 Å². The maximum absolute atomic E-state index is 5.83. The Bertz CT molecular complexity index is 358. The Morgan fingerprint density at radius 3 is 2.69 bits per heavy atom. The van der Waals surface area contributed by atoms with Gasteiger partial charge >= 0.3 is 0 Å². The first-order valence-corrected chi connectivity index (χ1v) is 4.19. The van der Waals surface area contributed by atoms with Gasteiger partial charge < -0.3 is 10.5 Å². The van der Waals surface area contributed by atoms with Gasteiger partial charge in [0.1, 0.15) is 0 Å². The molecule has 2 N–H and O–H groups in total. The van der Waals surface area contributed by atoms with Crippen molar-refractivity contribution in [1.29, 1.82) is 0 Å². The Morgan fingerprint density at radius 2 is 2.00 bits per heavy atom. The van der Waals surface area contributed by atoms with Crippen LogP contribution in [0.25, 0.3) is 0 Å². The van der Waals surface area contributed by atoms with Crippen molar-refractivity contribution in [2.45, 2.75) is 0 Å². The molecule has 0 fully saturated rings. The van der Waals surface area contributed by atoms with Crippen molar-refractivity contribution in [3.05, 3.63) is 48.6 Å². The van der Waals surface area contributed by atoms with Crippen LogP contribution in [0.3, 0.4) is 0 Å². The monoisotopic (exact) mass is 169 g/mol. The summed E-state index contributed by atoms with van der Waals surface area (Å²) in [6.07, 6.45) is 5.94. The summed E-state index contributed by atoms with van der Waals surface area (Å²) < 4.78 is 0. The fourth-order valence-corrected chi connectivity index (χ4v) is 1.28. The minimum atomic E-state index is 0.790. The maximum atomic E-state index is 5.83. The number of anilines is 2. The zero-order chi connectivity index (χ0) is 9.10. The van der Waals surface area contributed by atoms with E-state index < -0.39 is 0 Å². The third kappa shape index (κ3) is 1.59. The highest BCUT2D eigenvalue weighted by Crippen LogP contribution is 2.22. The van der Waals surface area contributed by atoms with E-state index in [2.05, 4.69) is 0 Å². The molecule has 0 aromatic heterocycles. The largest absolute Gasteiger partial charge is 0.397 e. The third-order valence-electron chi connectivity index (χ3n) is 1.93. The summed E-state index contributed by atoms with van der Waals surface area (Å²) in [5.74, 6) is 1.98. The molecular formula is C10H10BN2. The van der Waals surface area contributed by atoms with Crippen LogP contribution < -0.4 is 10.5 Å². The Balaban J connectivity index is 2.30. The number of benzene rings is 1. The smallest absolute Gasteiger partial charge is 0.282 e. The molecule has 1 aliphatic heterocycles. The van der Waals surface area contributed by atoms with E-state index in [1.807, 2.05) is 60.8 Å². The molecule has 1 aliphatic rings. The number of para-hydroxylation sites is 2. The third-order valence-corrected chi connectivity index (χ3v) is 1.93. The van der Waals surface area contributed by atoms with Crippen LogP contribution in [0.5, 0.6) is 0 Å². The van der Waals surface area contributed by atoms with E-state index in [4.69, 9.17) is 5.73 Å². The second-order valence-electron chi connectivity index (χ2n) is 2.84. The molecule has 13 heavy (non-hydrogen) atoms. The van der Waals surface area contributed by atoms with Crippen molar-refractivity contribution in [1.82, 2.24) is 0 Å². The lowest BCUT2D eigenvalue weighted by Crippen LogP contribution is -2.22. The molecule has 0 amide bonds. The van der Waals surface area contributed by atoms with Crippen LogP contribution in [0.1, 0.15) is 0 Å². The quantitative estimate of drug-likeness (QED) is 0.512. The van der Waals surface area contributed by atoms with Gasteiger partial charge in [0.2, 0.25) is 0 Å². The normalized spacial score (nSPS) is 14.3. The number of nitrogens with zero attached hydrogens (tertiary/aromatic N) is 1. The molecule has 0 bridgehead atoms. The minimum Gasteiger partial charge on any atom is -0.397 e. The minimum absolute atomic E-state index is 0.790. The highest BCUT2D eigenvalue weighted by Gasteiger charge is 2.06. The van der Waals surface area contributed by atoms with Crippen LogP contribution in [0.2, 0.25) is 0 Å². The maximum Gasteiger partial charge on any atom is 0.282 e. The van der Waals surface area contributed by atoms with E-state index in [9.17, 15) is 0 Å². The van der Waals surface area contributed by atoms with Gasteiger partial charge in [-0.2, -0.15) is 0 Å². The number of rotatable bonds is 1. The van der Waals surface area contributed by atoms with Gasteiger partial charge in [-0.25, -0.2) is 0 Å². The average molecular weight is 169 g/mol. The van der Waals surface area contributed by atoms with E-state index in [1.165, 1.54) is 0 Å². The standard InChI is InChI=1S/C10H10BN2/c12-9-5-1-2-6-10(9)13-8-4-3-7-11-13/h1-8H,12H2. The molecular weight excluding hydrogens is 159 g/mol. The zero-order valence-corrected chi connectivity index (χ0v) is 7.22. The average Bonchev–Trinajstić information content (AvgIpc) is 2.20. The topological polar surface area (TPSA) is 29.3 Å². The number of nitrogens with two attached hydrogens (primary N) is 1. The molecule has 0 saturated heterocycles. The van der Waals surface area contributed by atoms with Gasteiger partial charge in [0.25, 0.3) is 7.41 Å². The van der Waals surface area contributed by atoms with E-state index in [1.54, 1.807) is 0 Å². The lowest BCUT2D eigenvalue weighted by Gasteiger charge is -2.21. The lowest BCUT2D eigenvalue weighted by atomic mass is 9.88. The number of allylic oxidation sites excluding steroid dienone is 2. The lowest BCUT2D eigenvalue weighted by molar-refractivity contribution is 1.40. The molecule has 1 heterocycles. The van der Waals surface area contributed by atoms with E-state index in [0.717, 1.165) is 11.4 Å². The van der Waals surface area contributed by atoms with Crippen LogP contribution in [0.15, 0.2) is 48.6 Å². The Morgan fingerprint density at radius 1 is 1.15 bits per heavy atom. The van der Waals surface area contributed by atoms with Crippen LogP contribution in [0.4, 0.5) is 11.4 Å². The second kappa shape index (κ2) is 3.39. The zero-order valence-electron chi connectivity index (χ0n) is 7.22. The van der Waals surface area contributed by atoms with E-state index >= 15 is 0 Å². The SMILES string of the molecule is Nc1ccccc1N1[B]C=CC=C1. The fourth-order valence-electron chi connectivity index (χ4n) is 1.28. The first-order chi connectivity index (χ1) is 6.38. The summed E-state index contributed by atoms with van der Waals surface area (Å²) in [7, 11) is 1.98. The highest BCUT2D eigenvalue weighted by atomic mass is 15.0. The molecule has 0 saturated carbocycles. The number of hydrogen-bond donors (Lipinski definition) is 1. The summed E-state index contributed by atoms with van der Waals surface area (Å²) >= 11 is 0. The number of hydrogen-bond acceptors (Lipinski definition) is 2. The first-order valence-electron chi connectivity index (χ1n) is 4.19. The molecule has 2 rings (SSSR count). The first kappa shape index (κ1) is 7.99. The molecule has 0 unspecified atom stereocenters. The van der Waals surface area contributed by atoms with Crippen molar-refractivity contribution in [3.8, 4) is 0 Å². The molecule has 3 heteroatoms. The predicted octanol–water partition coefficient (Wildman–Crippen LogP) is 1.74. The van der Waals surface area contributed by atoms with Gasteiger partial charge in [-0.3, -0.25) is 0 Å². The Kier molecular flexibility index (Phi) is 2.09. The predicted molar refractivity (Wildman–Crippen MR) is 57.4 cm³/mol. The van der Waals surface area contributed by atoms with Crippen molar-refractivity contribution in [2.24, 2.45) is 0 Å². The van der Waals surface area contributed by atoms with Gasteiger partial charge in [-0.1, -0.05) is 24.2 Å². The van der Waals surface area contributed by atoms with E-state index in [0.29, 0.717) is 0 Å².